The molecular weight excluding hydrogens is 679 g/mol. The van der Waals surface area contributed by atoms with Crippen LogP contribution in [0.3, 0.4) is 0 Å². The van der Waals surface area contributed by atoms with E-state index >= 15 is 0 Å². The Morgan fingerprint density at radius 1 is 1.19 bits per heavy atom. The summed E-state index contributed by atoms with van der Waals surface area (Å²) in [5, 5.41) is 16.0. The molecule has 260 valence electrons. The van der Waals surface area contributed by atoms with Gasteiger partial charge in [-0.3, -0.25) is 4.79 Å². The standard InChI is InChI=1S/C30H35ClF3N7O6S/c1-28(2)17-19(18-40(28)27(43)44)4-3-12-35-20-7-13-36-24(16-20)48(45,46)39-26(42)21-5-6-22(37-25(21)31)41-14-8-23(38-41)47-15-11-29(9-10-29)30(32,33)34/h5-8,13-14,16,19H,3-4,9-12,15,17-18H2,1-2H3,(H,35,36)(H,39,42)(H,43,44). The summed E-state index contributed by atoms with van der Waals surface area (Å²) in [4.78, 5) is 33.8. The molecule has 1 unspecified atom stereocenters. The molecule has 18 heteroatoms. The number of aromatic nitrogens is 4. The first-order valence-corrected chi connectivity index (χ1v) is 17.1. The molecule has 2 fully saturated rings. The highest BCUT2D eigenvalue weighted by Crippen LogP contribution is 2.59. The van der Waals surface area contributed by atoms with Crippen LogP contribution in [-0.2, 0) is 10.0 Å². The summed E-state index contributed by atoms with van der Waals surface area (Å²) in [5.41, 5.74) is -1.87. The first-order chi connectivity index (χ1) is 22.5. The van der Waals surface area contributed by atoms with Crippen LogP contribution < -0.4 is 14.8 Å². The van der Waals surface area contributed by atoms with Crippen LogP contribution in [0.2, 0.25) is 5.15 Å². The molecule has 1 saturated carbocycles. The molecule has 0 bridgehead atoms. The van der Waals surface area contributed by atoms with Gasteiger partial charge in [0, 0.05) is 48.8 Å². The van der Waals surface area contributed by atoms with Gasteiger partial charge in [0.15, 0.2) is 10.8 Å². The van der Waals surface area contributed by atoms with Crippen molar-refractivity contribution in [1.82, 2.24) is 29.4 Å². The summed E-state index contributed by atoms with van der Waals surface area (Å²) >= 11 is 6.22. The van der Waals surface area contributed by atoms with E-state index < -0.39 is 44.2 Å². The Bertz CT molecular complexity index is 1780. The zero-order valence-corrected chi connectivity index (χ0v) is 27.7. The lowest BCUT2D eigenvalue weighted by Gasteiger charge is -2.28. The molecule has 1 atom stereocenters. The smallest absolute Gasteiger partial charge is 0.407 e. The number of nitrogens with zero attached hydrogens (tertiary/aromatic N) is 5. The fourth-order valence-electron chi connectivity index (χ4n) is 5.85. The number of carboxylic acid groups (broad SMARTS) is 1. The van der Waals surface area contributed by atoms with Gasteiger partial charge in [-0.25, -0.2) is 24.2 Å². The Morgan fingerprint density at radius 2 is 1.94 bits per heavy atom. The number of halogens is 4. The molecule has 3 aromatic rings. The van der Waals surface area contributed by atoms with Gasteiger partial charge in [-0.2, -0.15) is 21.6 Å². The topological polar surface area (TPSA) is 169 Å². The van der Waals surface area contributed by atoms with Crippen LogP contribution in [0, 0.1) is 11.3 Å². The molecule has 3 aromatic heterocycles. The second-order valence-corrected chi connectivity index (χ2v) is 14.6. The van der Waals surface area contributed by atoms with Crippen LogP contribution in [0.5, 0.6) is 5.88 Å². The van der Waals surface area contributed by atoms with Crippen molar-refractivity contribution in [2.24, 2.45) is 11.3 Å². The minimum atomic E-state index is -4.40. The van der Waals surface area contributed by atoms with Gasteiger partial charge in [0.2, 0.25) is 5.88 Å². The number of hydrogen-bond donors (Lipinski definition) is 3. The van der Waals surface area contributed by atoms with E-state index in [1.807, 2.05) is 18.6 Å². The largest absolute Gasteiger partial charge is 0.477 e. The lowest BCUT2D eigenvalue weighted by molar-refractivity contribution is -0.190. The molecule has 2 amide bonds. The number of ether oxygens (including phenoxy) is 1. The summed E-state index contributed by atoms with van der Waals surface area (Å²) in [7, 11) is -4.40. The van der Waals surface area contributed by atoms with Crippen molar-refractivity contribution in [1.29, 1.82) is 0 Å². The van der Waals surface area contributed by atoms with Gasteiger partial charge in [-0.15, -0.1) is 5.10 Å². The van der Waals surface area contributed by atoms with Gasteiger partial charge in [0.1, 0.15) is 5.15 Å². The molecule has 5 rings (SSSR count). The minimum absolute atomic E-state index is 0.0768. The van der Waals surface area contributed by atoms with Crippen LogP contribution >= 0.6 is 11.6 Å². The number of sulfonamides is 1. The summed E-state index contributed by atoms with van der Waals surface area (Å²) in [6, 6.07) is 6.93. The van der Waals surface area contributed by atoms with Crippen molar-refractivity contribution >= 4 is 39.3 Å². The van der Waals surface area contributed by atoms with Crippen molar-refractivity contribution in [3.63, 3.8) is 0 Å². The average molecular weight is 714 g/mol. The van der Waals surface area contributed by atoms with Gasteiger partial charge in [0.05, 0.1) is 17.6 Å². The number of carbonyl (C=O) groups excluding carboxylic acids is 1. The SMILES string of the molecule is CC1(C)CC(CCCNc2ccnc(S(=O)(=O)NC(=O)c3ccc(-n4ccc(OCCC5(C(F)(F)F)CC5)n4)nc3Cl)c2)CN1C(=O)O. The molecule has 1 aliphatic carbocycles. The van der Waals surface area contributed by atoms with Crippen molar-refractivity contribution in [3.8, 4) is 11.7 Å². The molecule has 0 spiro atoms. The number of rotatable bonds is 13. The van der Waals surface area contributed by atoms with Crippen LogP contribution in [0.15, 0.2) is 47.8 Å². The number of likely N-dealkylation sites (tertiary alicyclic amines) is 1. The van der Waals surface area contributed by atoms with Crippen LogP contribution in [-0.4, -0.2) is 81.6 Å². The zero-order chi connectivity index (χ0) is 34.9. The fourth-order valence-corrected chi connectivity index (χ4v) is 7.02. The number of amides is 2. The summed E-state index contributed by atoms with van der Waals surface area (Å²) in [5.74, 6) is -0.591. The van der Waals surface area contributed by atoms with E-state index in [4.69, 9.17) is 16.3 Å². The number of carbonyl (C=O) groups is 2. The second kappa shape index (κ2) is 13.4. The van der Waals surface area contributed by atoms with E-state index in [0.717, 1.165) is 19.3 Å². The highest BCUT2D eigenvalue weighted by molar-refractivity contribution is 7.90. The average Bonchev–Trinajstić information content (AvgIpc) is 3.55. The van der Waals surface area contributed by atoms with E-state index in [-0.39, 0.29) is 54.2 Å². The predicted octanol–water partition coefficient (Wildman–Crippen LogP) is 5.52. The van der Waals surface area contributed by atoms with E-state index in [2.05, 4.69) is 20.4 Å². The number of nitrogens with one attached hydrogen (secondary N) is 2. The zero-order valence-electron chi connectivity index (χ0n) is 26.1. The van der Waals surface area contributed by atoms with Crippen molar-refractivity contribution < 1.29 is 41.0 Å². The maximum Gasteiger partial charge on any atom is 0.407 e. The molecule has 0 aromatic carbocycles. The normalized spacial score (nSPS) is 18.4. The molecule has 4 heterocycles. The molecule has 48 heavy (non-hydrogen) atoms. The number of pyridine rings is 2. The predicted molar refractivity (Wildman–Crippen MR) is 168 cm³/mol. The second-order valence-electron chi connectivity index (χ2n) is 12.6. The number of anilines is 1. The number of hydrogen-bond acceptors (Lipinski definition) is 9. The van der Waals surface area contributed by atoms with Gasteiger partial charge in [-0.05, 0) is 76.5 Å². The third-order valence-electron chi connectivity index (χ3n) is 8.71. The molecule has 1 saturated heterocycles. The monoisotopic (exact) mass is 713 g/mol. The van der Waals surface area contributed by atoms with E-state index in [1.54, 1.807) is 6.07 Å². The Balaban J connectivity index is 1.13. The lowest BCUT2D eigenvalue weighted by Crippen LogP contribution is -2.41. The Labute approximate surface area is 279 Å². The Kier molecular flexibility index (Phi) is 9.83. The maximum absolute atomic E-state index is 13.1. The lowest BCUT2D eigenvalue weighted by atomic mass is 9.93. The van der Waals surface area contributed by atoms with Crippen LogP contribution in [0.1, 0.15) is 62.7 Å². The molecular formula is C30H35ClF3N7O6S. The quantitative estimate of drug-likeness (QED) is 0.152. The molecule has 1 aliphatic heterocycles. The summed E-state index contributed by atoms with van der Waals surface area (Å²) in [6.07, 6.45) is -0.200. The highest BCUT2D eigenvalue weighted by Gasteiger charge is 2.62. The molecule has 3 N–H and O–H groups in total. The molecule has 0 radical (unpaired) electrons. The van der Waals surface area contributed by atoms with Gasteiger partial charge < -0.3 is 20.1 Å². The Hall–Kier alpha value is -4.12. The van der Waals surface area contributed by atoms with Crippen LogP contribution in [0.25, 0.3) is 5.82 Å². The van der Waals surface area contributed by atoms with Crippen molar-refractivity contribution in [3.05, 3.63) is 53.4 Å². The first kappa shape index (κ1) is 35.2. The minimum Gasteiger partial charge on any atom is -0.477 e. The highest BCUT2D eigenvalue weighted by atomic mass is 35.5. The van der Waals surface area contributed by atoms with Gasteiger partial charge >= 0.3 is 12.3 Å². The maximum atomic E-state index is 13.1. The molecule has 13 nitrogen and oxygen atoms in total. The van der Waals surface area contributed by atoms with Crippen LogP contribution in [0.4, 0.5) is 23.7 Å². The van der Waals surface area contributed by atoms with Crippen molar-refractivity contribution in [2.75, 3.05) is 25.0 Å². The number of alkyl halides is 3. The third kappa shape index (κ3) is 7.94. The van der Waals surface area contributed by atoms with E-state index in [0.29, 0.717) is 18.8 Å². The van der Waals surface area contributed by atoms with Gasteiger partial charge in [-0.1, -0.05) is 11.6 Å². The molecule has 2 aliphatic rings. The first-order valence-electron chi connectivity index (χ1n) is 15.2. The Morgan fingerprint density at radius 3 is 2.58 bits per heavy atom. The van der Waals surface area contributed by atoms with Crippen molar-refractivity contribution in [2.45, 2.75) is 69.1 Å². The van der Waals surface area contributed by atoms with Gasteiger partial charge in [0.25, 0.3) is 15.9 Å². The third-order valence-corrected chi connectivity index (χ3v) is 10.2. The van der Waals surface area contributed by atoms with E-state index in [1.165, 1.54) is 46.2 Å². The summed E-state index contributed by atoms with van der Waals surface area (Å²) < 4.78 is 74.0. The fraction of sp³-hybridized carbons (Fsp3) is 0.500. The van der Waals surface area contributed by atoms with E-state index in [9.17, 15) is 36.3 Å². The summed E-state index contributed by atoms with van der Waals surface area (Å²) in [6.45, 7) is 4.63.